The third-order valence-electron chi connectivity index (χ3n) is 2.32. The maximum absolute atomic E-state index is 13.4. The molecule has 1 aromatic heterocycles. The minimum Gasteiger partial charge on any atom is -0.484 e. The molecule has 2 rings (SSSR count). The fourth-order valence-corrected chi connectivity index (χ4v) is 1.38. The van der Waals surface area contributed by atoms with Gasteiger partial charge in [-0.2, -0.15) is 0 Å². The first-order valence-corrected chi connectivity index (χ1v) is 5.35. The van der Waals surface area contributed by atoms with Gasteiger partial charge in [-0.15, -0.1) is 0 Å². The molecule has 6 heteroatoms. The molecule has 0 radical (unpaired) electrons. The number of rotatable bonds is 4. The van der Waals surface area contributed by atoms with E-state index in [1.807, 2.05) is 6.92 Å². The molecule has 0 saturated carbocycles. The van der Waals surface area contributed by atoms with Crippen molar-refractivity contribution in [3.05, 3.63) is 47.7 Å². The third-order valence-corrected chi connectivity index (χ3v) is 2.32. The molecule has 0 aliphatic carbocycles. The Morgan fingerprint density at radius 1 is 1.33 bits per heavy atom. The summed E-state index contributed by atoms with van der Waals surface area (Å²) in [4.78, 5) is 8.04. The van der Waals surface area contributed by atoms with Crippen LogP contribution in [-0.4, -0.2) is 9.97 Å². The largest absolute Gasteiger partial charge is 0.484 e. The Morgan fingerprint density at radius 3 is 2.83 bits per heavy atom. The van der Waals surface area contributed by atoms with Crippen LogP contribution in [-0.2, 0) is 6.61 Å². The van der Waals surface area contributed by atoms with Crippen molar-refractivity contribution in [3.63, 3.8) is 0 Å². The standard InChI is InChI=1S/C12H13FN4O/c1-8-2-3-10(13)11(4-8)18-7-9-5-16-12(17-14)6-15-9/h2-6H,7,14H2,1H3,(H,16,17). The monoisotopic (exact) mass is 248 g/mol. The number of anilines is 1. The van der Waals surface area contributed by atoms with Crippen LogP contribution in [0.2, 0.25) is 0 Å². The highest BCUT2D eigenvalue weighted by Crippen LogP contribution is 2.19. The summed E-state index contributed by atoms with van der Waals surface area (Å²) in [7, 11) is 0. The Kier molecular flexibility index (Phi) is 3.69. The zero-order valence-corrected chi connectivity index (χ0v) is 9.85. The van der Waals surface area contributed by atoms with Gasteiger partial charge in [0.25, 0.3) is 0 Å². The number of benzene rings is 1. The number of aromatic nitrogens is 2. The van der Waals surface area contributed by atoms with Gasteiger partial charge in [-0.05, 0) is 24.6 Å². The van der Waals surface area contributed by atoms with Gasteiger partial charge in [-0.25, -0.2) is 15.2 Å². The Bertz CT molecular complexity index is 530. The zero-order chi connectivity index (χ0) is 13.0. The molecule has 2 aromatic rings. The fourth-order valence-electron chi connectivity index (χ4n) is 1.38. The molecule has 0 bridgehead atoms. The van der Waals surface area contributed by atoms with Gasteiger partial charge >= 0.3 is 0 Å². The summed E-state index contributed by atoms with van der Waals surface area (Å²) >= 11 is 0. The molecule has 0 fully saturated rings. The second-order valence-electron chi connectivity index (χ2n) is 3.76. The van der Waals surface area contributed by atoms with E-state index in [2.05, 4.69) is 15.4 Å². The predicted molar refractivity (Wildman–Crippen MR) is 65.3 cm³/mol. The van der Waals surface area contributed by atoms with E-state index in [0.29, 0.717) is 11.5 Å². The van der Waals surface area contributed by atoms with E-state index in [1.54, 1.807) is 12.1 Å². The first kappa shape index (κ1) is 12.3. The minimum absolute atomic E-state index is 0.151. The molecule has 0 aliphatic heterocycles. The Balaban J connectivity index is 2.04. The van der Waals surface area contributed by atoms with E-state index in [-0.39, 0.29) is 12.4 Å². The molecule has 18 heavy (non-hydrogen) atoms. The van der Waals surface area contributed by atoms with Gasteiger partial charge in [0.05, 0.1) is 18.1 Å². The van der Waals surface area contributed by atoms with Crippen LogP contribution in [0.3, 0.4) is 0 Å². The first-order valence-electron chi connectivity index (χ1n) is 5.35. The van der Waals surface area contributed by atoms with Crippen molar-refractivity contribution in [1.82, 2.24) is 9.97 Å². The zero-order valence-electron chi connectivity index (χ0n) is 9.85. The summed E-state index contributed by atoms with van der Waals surface area (Å²) in [5.74, 6) is 5.44. The summed E-state index contributed by atoms with van der Waals surface area (Å²) < 4.78 is 18.8. The minimum atomic E-state index is -0.395. The molecule has 0 unspecified atom stereocenters. The molecule has 0 amide bonds. The molecule has 1 aromatic carbocycles. The Labute approximate surface area is 104 Å². The van der Waals surface area contributed by atoms with E-state index in [9.17, 15) is 4.39 Å². The SMILES string of the molecule is Cc1ccc(F)c(OCc2cnc(NN)cn2)c1. The summed E-state index contributed by atoms with van der Waals surface area (Å²) in [5.41, 5.74) is 3.89. The second-order valence-corrected chi connectivity index (χ2v) is 3.76. The van der Waals surface area contributed by atoms with E-state index in [0.717, 1.165) is 5.56 Å². The van der Waals surface area contributed by atoms with Crippen LogP contribution < -0.4 is 16.0 Å². The highest BCUT2D eigenvalue weighted by Gasteiger charge is 2.04. The average molecular weight is 248 g/mol. The van der Waals surface area contributed by atoms with Crippen LogP contribution in [0.15, 0.2) is 30.6 Å². The fraction of sp³-hybridized carbons (Fsp3) is 0.167. The number of nitrogens with one attached hydrogen (secondary N) is 1. The van der Waals surface area contributed by atoms with Gasteiger partial charge in [0, 0.05) is 0 Å². The molecule has 0 aliphatic rings. The number of hydrogen-bond acceptors (Lipinski definition) is 5. The molecule has 0 atom stereocenters. The van der Waals surface area contributed by atoms with Crippen LogP contribution in [0.5, 0.6) is 5.75 Å². The molecule has 0 spiro atoms. The number of nitrogen functional groups attached to an aromatic ring is 1. The van der Waals surface area contributed by atoms with E-state index >= 15 is 0 Å². The van der Waals surface area contributed by atoms with Gasteiger partial charge in [0.15, 0.2) is 17.4 Å². The molecule has 3 N–H and O–H groups in total. The predicted octanol–water partition coefficient (Wildman–Crippen LogP) is 1.79. The summed E-state index contributed by atoms with van der Waals surface area (Å²) in [5, 5.41) is 0. The number of hydrogen-bond donors (Lipinski definition) is 2. The topological polar surface area (TPSA) is 73.1 Å². The smallest absolute Gasteiger partial charge is 0.165 e. The molecule has 0 saturated heterocycles. The maximum Gasteiger partial charge on any atom is 0.165 e. The number of nitrogens with zero attached hydrogens (tertiary/aromatic N) is 2. The lowest BCUT2D eigenvalue weighted by Crippen LogP contribution is -2.09. The molecule has 1 heterocycles. The van der Waals surface area contributed by atoms with E-state index in [4.69, 9.17) is 10.6 Å². The number of nitrogens with two attached hydrogens (primary N) is 1. The average Bonchev–Trinajstić information content (AvgIpc) is 2.40. The van der Waals surface area contributed by atoms with Crippen molar-refractivity contribution in [2.75, 3.05) is 5.43 Å². The maximum atomic E-state index is 13.4. The van der Waals surface area contributed by atoms with Crippen molar-refractivity contribution >= 4 is 5.82 Å². The van der Waals surface area contributed by atoms with Crippen molar-refractivity contribution in [1.29, 1.82) is 0 Å². The van der Waals surface area contributed by atoms with Crippen LogP contribution >= 0.6 is 0 Å². The van der Waals surface area contributed by atoms with Gasteiger partial charge in [-0.1, -0.05) is 6.07 Å². The summed E-state index contributed by atoms with van der Waals surface area (Å²) in [6.07, 6.45) is 2.99. The van der Waals surface area contributed by atoms with Crippen LogP contribution in [0.4, 0.5) is 10.2 Å². The summed E-state index contributed by atoms with van der Waals surface area (Å²) in [6, 6.07) is 4.69. The Morgan fingerprint density at radius 2 is 2.17 bits per heavy atom. The molecular formula is C12H13FN4O. The van der Waals surface area contributed by atoms with Crippen molar-refractivity contribution in [2.45, 2.75) is 13.5 Å². The highest BCUT2D eigenvalue weighted by atomic mass is 19.1. The Hall–Kier alpha value is -2.21. The lowest BCUT2D eigenvalue weighted by Gasteiger charge is -2.07. The van der Waals surface area contributed by atoms with Crippen molar-refractivity contribution < 1.29 is 9.13 Å². The quantitative estimate of drug-likeness (QED) is 0.637. The lowest BCUT2D eigenvalue weighted by molar-refractivity contribution is 0.285. The normalized spacial score (nSPS) is 10.2. The van der Waals surface area contributed by atoms with Crippen LogP contribution in [0, 0.1) is 12.7 Å². The van der Waals surface area contributed by atoms with Crippen molar-refractivity contribution in [2.24, 2.45) is 5.84 Å². The van der Waals surface area contributed by atoms with E-state index < -0.39 is 5.82 Å². The number of hydrazine groups is 1. The number of aryl methyl sites for hydroxylation is 1. The second kappa shape index (κ2) is 5.42. The van der Waals surface area contributed by atoms with Gasteiger partial charge in [0.1, 0.15) is 6.61 Å². The lowest BCUT2D eigenvalue weighted by atomic mass is 10.2. The number of ether oxygens (including phenoxy) is 1. The molecular weight excluding hydrogens is 235 g/mol. The van der Waals surface area contributed by atoms with Crippen LogP contribution in [0.25, 0.3) is 0 Å². The number of halogens is 1. The summed E-state index contributed by atoms with van der Waals surface area (Å²) in [6.45, 7) is 2.02. The highest BCUT2D eigenvalue weighted by molar-refractivity contribution is 5.30. The van der Waals surface area contributed by atoms with Gasteiger partial charge in [0.2, 0.25) is 0 Å². The van der Waals surface area contributed by atoms with E-state index in [1.165, 1.54) is 18.5 Å². The molecule has 5 nitrogen and oxygen atoms in total. The van der Waals surface area contributed by atoms with Crippen LogP contribution in [0.1, 0.15) is 11.3 Å². The third kappa shape index (κ3) is 2.92. The first-order chi connectivity index (χ1) is 8.69. The molecule has 94 valence electrons. The van der Waals surface area contributed by atoms with Gasteiger partial charge in [-0.3, -0.25) is 4.98 Å². The van der Waals surface area contributed by atoms with Crippen molar-refractivity contribution in [3.8, 4) is 5.75 Å². The van der Waals surface area contributed by atoms with Gasteiger partial charge < -0.3 is 10.2 Å².